The lowest BCUT2D eigenvalue weighted by Gasteiger charge is -2.37. The van der Waals surface area contributed by atoms with E-state index >= 15 is 0 Å². The summed E-state index contributed by atoms with van der Waals surface area (Å²) in [5.41, 5.74) is 1.74. The number of phenolic OH excluding ortho intramolecular Hbond substituents is 1. The predicted octanol–water partition coefficient (Wildman–Crippen LogP) is 1.24. The molecular formula is C19H25N3O5. The molecule has 0 spiro atoms. The largest absolute Gasteiger partial charge is 0.508 e. The van der Waals surface area contributed by atoms with Gasteiger partial charge in [-0.15, -0.1) is 0 Å². The number of rotatable bonds is 5. The first kappa shape index (κ1) is 19.2. The molecule has 0 aliphatic carbocycles. The fourth-order valence-corrected chi connectivity index (χ4v) is 3.29. The van der Waals surface area contributed by atoms with Crippen molar-refractivity contribution in [1.82, 2.24) is 15.1 Å². The maximum atomic E-state index is 12.8. The van der Waals surface area contributed by atoms with Crippen LogP contribution in [0.25, 0.3) is 0 Å². The molecule has 1 fully saturated rings. The van der Waals surface area contributed by atoms with E-state index in [1.54, 1.807) is 26.1 Å². The van der Waals surface area contributed by atoms with E-state index in [0.29, 0.717) is 36.6 Å². The minimum absolute atomic E-state index is 0.119. The number of nitrogens with one attached hydrogen (secondary N) is 1. The van der Waals surface area contributed by atoms with Crippen molar-refractivity contribution in [2.75, 3.05) is 46.5 Å². The number of amides is 2. The highest BCUT2D eigenvalue weighted by Crippen LogP contribution is 2.32. The molecule has 2 aliphatic rings. The Hall–Kier alpha value is -2.58. The molecule has 8 heteroatoms. The van der Waals surface area contributed by atoms with Gasteiger partial charge in [0, 0.05) is 32.4 Å². The summed E-state index contributed by atoms with van der Waals surface area (Å²) in [6.45, 7) is 5.17. The van der Waals surface area contributed by atoms with Crippen molar-refractivity contribution < 1.29 is 24.2 Å². The zero-order chi connectivity index (χ0) is 19.4. The van der Waals surface area contributed by atoms with Gasteiger partial charge in [0.1, 0.15) is 5.75 Å². The van der Waals surface area contributed by atoms with Gasteiger partial charge >= 0.3 is 12.0 Å². The lowest BCUT2D eigenvalue weighted by molar-refractivity contribution is -0.139. The van der Waals surface area contributed by atoms with E-state index in [9.17, 15) is 14.7 Å². The Labute approximate surface area is 158 Å². The quantitative estimate of drug-likeness (QED) is 0.753. The van der Waals surface area contributed by atoms with Crippen molar-refractivity contribution in [3.05, 3.63) is 41.1 Å². The van der Waals surface area contributed by atoms with Gasteiger partial charge in [0.05, 0.1) is 31.4 Å². The molecule has 0 bridgehead atoms. The predicted molar refractivity (Wildman–Crippen MR) is 98.1 cm³/mol. The van der Waals surface area contributed by atoms with Gasteiger partial charge in [-0.2, -0.15) is 0 Å². The maximum absolute atomic E-state index is 12.8. The van der Waals surface area contributed by atoms with E-state index in [4.69, 9.17) is 9.47 Å². The average Bonchev–Trinajstić information content (AvgIpc) is 2.67. The van der Waals surface area contributed by atoms with Crippen LogP contribution in [0.1, 0.15) is 18.5 Å². The zero-order valence-electron chi connectivity index (χ0n) is 15.6. The first-order valence-corrected chi connectivity index (χ1v) is 9.04. The topological polar surface area (TPSA) is 91.3 Å². The molecule has 1 aromatic rings. The normalized spacial score (nSPS) is 21.2. The Morgan fingerprint density at radius 2 is 1.96 bits per heavy atom. The van der Waals surface area contributed by atoms with Gasteiger partial charge in [0.25, 0.3) is 0 Å². The molecule has 1 unspecified atom stereocenters. The van der Waals surface area contributed by atoms with Crippen LogP contribution >= 0.6 is 0 Å². The molecule has 2 heterocycles. The summed E-state index contributed by atoms with van der Waals surface area (Å²) >= 11 is 0. The minimum Gasteiger partial charge on any atom is -0.508 e. The third-order valence-electron chi connectivity index (χ3n) is 4.78. The Kier molecular flexibility index (Phi) is 5.98. The Bertz CT molecular complexity index is 725. The molecule has 27 heavy (non-hydrogen) atoms. The van der Waals surface area contributed by atoms with Crippen LogP contribution in [0.3, 0.4) is 0 Å². The van der Waals surface area contributed by atoms with E-state index in [-0.39, 0.29) is 18.4 Å². The van der Waals surface area contributed by atoms with Crippen LogP contribution in [-0.2, 0) is 14.3 Å². The molecule has 1 saturated heterocycles. The average molecular weight is 375 g/mol. The van der Waals surface area contributed by atoms with Gasteiger partial charge in [-0.05, 0) is 24.6 Å². The SMILES string of the molecule is CCOC(=O)C1=C(CN2CCOCC2)N(C)C(=O)NC1c1ccc(O)cc1. The summed E-state index contributed by atoms with van der Waals surface area (Å²) in [6, 6.07) is 5.52. The van der Waals surface area contributed by atoms with Crippen LogP contribution in [0, 0.1) is 0 Å². The molecule has 146 valence electrons. The second kappa shape index (κ2) is 8.41. The van der Waals surface area contributed by atoms with Crippen LogP contribution < -0.4 is 5.32 Å². The smallest absolute Gasteiger partial charge is 0.338 e. The fraction of sp³-hybridized carbons (Fsp3) is 0.474. The first-order chi connectivity index (χ1) is 13.0. The molecule has 3 rings (SSSR count). The van der Waals surface area contributed by atoms with E-state index in [1.807, 2.05) is 0 Å². The van der Waals surface area contributed by atoms with Crippen LogP contribution in [0.2, 0.25) is 0 Å². The van der Waals surface area contributed by atoms with Crippen LogP contribution in [0.15, 0.2) is 35.5 Å². The van der Waals surface area contributed by atoms with Crippen molar-refractivity contribution >= 4 is 12.0 Å². The Balaban J connectivity index is 2.03. The number of hydrogen-bond acceptors (Lipinski definition) is 6. The van der Waals surface area contributed by atoms with Crippen molar-refractivity contribution in [3.8, 4) is 5.75 Å². The highest BCUT2D eigenvalue weighted by Gasteiger charge is 2.37. The summed E-state index contributed by atoms with van der Waals surface area (Å²) in [6.07, 6.45) is 0. The standard InChI is InChI=1S/C19H25N3O5/c1-3-27-18(24)16-15(12-22-8-10-26-11-9-22)21(2)19(25)20-17(16)13-4-6-14(23)7-5-13/h4-7,17,23H,3,8-12H2,1-2H3,(H,20,25). The first-order valence-electron chi connectivity index (χ1n) is 9.04. The summed E-state index contributed by atoms with van der Waals surface area (Å²) in [7, 11) is 1.65. The third-order valence-corrected chi connectivity index (χ3v) is 4.78. The molecule has 0 radical (unpaired) electrons. The molecule has 8 nitrogen and oxygen atoms in total. The molecule has 0 aromatic heterocycles. The second-order valence-electron chi connectivity index (χ2n) is 6.50. The van der Waals surface area contributed by atoms with Crippen LogP contribution in [0.5, 0.6) is 5.75 Å². The number of urea groups is 1. The van der Waals surface area contributed by atoms with E-state index in [0.717, 1.165) is 13.1 Å². The van der Waals surface area contributed by atoms with Crippen LogP contribution in [-0.4, -0.2) is 73.4 Å². The maximum Gasteiger partial charge on any atom is 0.338 e. The monoisotopic (exact) mass is 375 g/mol. The Morgan fingerprint density at radius 1 is 1.30 bits per heavy atom. The summed E-state index contributed by atoms with van der Waals surface area (Å²) in [5.74, 6) is -0.334. The highest BCUT2D eigenvalue weighted by atomic mass is 16.5. The summed E-state index contributed by atoms with van der Waals surface area (Å²) in [4.78, 5) is 29.0. The number of aromatic hydroxyl groups is 1. The van der Waals surface area contributed by atoms with E-state index < -0.39 is 12.0 Å². The van der Waals surface area contributed by atoms with E-state index in [2.05, 4.69) is 10.2 Å². The van der Waals surface area contributed by atoms with Crippen LogP contribution in [0.4, 0.5) is 4.79 Å². The molecule has 0 saturated carbocycles. The second-order valence-corrected chi connectivity index (χ2v) is 6.50. The van der Waals surface area contributed by atoms with Crippen molar-refractivity contribution in [2.24, 2.45) is 0 Å². The molecular weight excluding hydrogens is 350 g/mol. The number of carbonyl (C=O) groups excluding carboxylic acids is 2. The lowest BCUT2D eigenvalue weighted by atomic mass is 9.94. The number of nitrogens with zero attached hydrogens (tertiary/aromatic N) is 2. The molecule has 2 amide bonds. The molecule has 1 atom stereocenters. The van der Waals surface area contributed by atoms with Gasteiger partial charge in [0.2, 0.25) is 0 Å². The molecule has 2 aliphatic heterocycles. The van der Waals surface area contributed by atoms with Crippen molar-refractivity contribution in [1.29, 1.82) is 0 Å². The number of benzene rings is 1. The number of carbonyl (C=O) groups is 2. The number of esters is 1. The molecule has 1 aromatic carbocycles. The third kappa shape index (κ3) is 4.23. The van der Waals surface area contributed by atoms with Gasteiger partial charge in [-0.25, -0.2) is 9.59 Å². The van der Waals surface area contributed by atoms with E-state index in [1.165, 1.54) is 17.0 Å². The number of likely N-dealkylation sites (N-methyl/N-ethyl adjacent to an activating group) is 1. The highest BCUT2D eigenvalue weighted by molar-refractivity contribution is 5.95. The Morgan fingerprint density at radius 3 is 2.59 bits per heavy atom. The number of ether oxygens (including phenoxy) is 2. The van der Waals surface area contributed by atoms with Gasteiger partial charge in [-0.1, -0.05) is 12.1 Å². The summed E-state index contributed by atoms with van der Waals surface area (Å²) < 4.78 is 10.7. The summed E-state index contributed by atoms with van der Waals surface area (Å²) in [5, 5.41) is 12.4. The van der Waals surface area contributed by atoms with Gasteiger partial charge in [-0.3, -0.25) is 9.80 Å². The lowest BCUT2D eigenvalue weighted by Crippen LogP contribution is -2.50. The minimum atomic E-state index is -0.635. The molecule has 2 N–H and O–H groups in total. The number of hydrogen-bond donors (Lipinski definition) is 2. The van der Waals surface area contributed by atoms with Gasteiger partial charge < -0.3 is 19.9 Å². The fourth-order valence-electron chi connectivity index (χ4n) is 3.29. The zero-order valence-corrected chi connectivity index (χ0v) is 15.6. The van der Waals surface area contributed by atoms with Crippen molar-refractivity contribution in [3.63, 3.8) is 0 Å². The van der Waals surface area contributed by atoms with Gasteiger partial charge in [0.15, 0.2) is 0 Å². The number of morpholine rings is 1. The number of phenols is 1. The van der Waals surface area contributed by atoms with Crippen molar-refractivity contribution in [2.45, 2.75) is 13.0 Å².